The largest absolute Gasteiger partial charge is 0.412 e. The van der Waals surface area contributed by atoms with Crippen LogP contribution in [0.15, 0.2) is 23.3 Å². The predicted octanol–water partition coefficient (Wildman–Crippen LogP) is 3.25. The molecule has 0 saturated carbocycles. The maximum absolute atomic E-state index is 11.6. The molecule has 0 aromatic rings. The molecule has 0 rings (SSSR count). The SMILES string of the molecule is C=C(Cl)C=C(C)C(F)(F)F. The van der Waals surface area contributed by atoms with E-state index < -0.39 is 11.7 Å². The van der Waals surface area contributed by atoms with Crippen LogP contribution in [0.1, 0.15) is 6.92 Å². The summed E-state index contributed by atoms with van der Waals surface area (Å²) >= 11 is 5.11. The third kappa shape index (κ3) is 3.56. The van der Waals surface area contributed by atoms with Crippen LogP contribution < -0.4 is 0 Å². The van der Waals surface area contributed by atoms with Gasteiger partial charge in [-0.05, 0) is 13.0 Å². The van der Waals surface area contributed by atoms with E-state index >= 15 is 0 Å². The molecule has 0 aromatic heterocycles. The predicted molar refractivity (Wildman–Crippen MR) is 34.8 cm³/mol. The molecule has 0 amide bonds. The van der Waals surface area contributed by atoms with Gasteiger partial charge in [-0.25, -0.2) is 0 Å². The Hall–Kier alpha value is -0.440. The highest BCUT2D eigenvalue weighted by molar-refractivity contribution is 6.30. The van der Waals surface area contributed by atoms with Crippen LogP contribution in [0.25, 0.3) is 0 Å². The summed E-state index contributed by atoms with van der Waals surface area (Å²) in [7, 11) is 0. The zero-order valence-electron chi connectivity index (χ0n) is 5.30. The van der Waals surface area contributed by atoms with Crippen LogP contribution in [-0.2, 0) is 0 Å². The van der Waals surface area contributed by atoms with Gasteiger partial charge in [-0.15, -0.1) is 0 Å². The number of hydrogen-bond acceptors (Lipinski definition) is 0. The Kier molecular flexibility index (Phi) is 2.96. The standard InChI is InChI=1S/C6H6ClF3/c1-4(3-5(2)7)6(8,9)10/h3H,2H2,1H3. The maximum atomic E-state index is 11.6. The van der Waals surface area contributed by atoms with E-state index in [-0.39, 0.29) is 5.03 Å². The molecule has 0 aliphatic heterocycles. The minimum atomic E-state index is -4.29. The van der Waals surface area contributed by atoms with E-state index in [4.69, 9.17) is 11.6 Å². The fraction of sp³-hybridized carbons (Fsp3) is 0.333. The molecule has 0 fully saturated rings. The van der Waals surface area contributed by atoms with Gasteiger partial charge in [0.2, 0.25) is 0 Å². The van der Waals surface area contributed by atoms with E-state index in [1.54, 1.807) is 0 Å². The first-order chi connectivity index (χ1) is 4.34. The van der Waals surface area contributed by atoms with E-state index in [0.29, 0.717) is 0 Å². The summed E-state index contributed by atoms with van der Waals surface area (Å²) in [6.45, 7) is 4.04. The summed E-state index contributed by atoms with van der Waals surface area (Å²) in [6, 6.07) is 0. The summed E-state index contributed by atoms with van der Waals surface area (Å²) in [5.74, 6) is 0. The minimum absolute atomic E-state index is 0.116. The third-order valence-electron chi connectivity index (χ3n) is 0.820. The van der Waals surface area contributed by atoms with E-state index in [0.717, 1.165) is 13.0 Å². The van der Waals surface area contributed by atoms with Crippen LogP contribution in [0.5, 0.6) is 0 Å². The third-order valence-corrected chi connectivity index (χ3v) is 0.929. The first-order valence-corrected chi connectivity index (χ1v) is 2.81. The maximum Gasteiger partial charge on any atom is 0.412 e. The number of hydrogen-bond donors (Lipinski definition) is 0. The van der Waals surface area contributed by atoms with Crippen LogP contribution >= 0.6 is 11.6 Å². The van der Waals surface area contributed by atoms with Gasteiger partial charge in [0.25, 0.3) is 0 Å². The van der Waals surface area contributed by atoms with E-state index in [1.807, 2.05) is 0 Å². The van der Waals surface area contributed by atoms with Crippen LogP contribution in [0.2, 0.25) is 0 Å². The zero-order valence-corrected chi connectivity index (χ0v) is 6.05. The number of halogens is 4. The van der Waals surface area contributed by atoms with E-state index in [9.17, 15) is 13.2 Å². The second kappa shape index (κ2) is 3.10. The minimum Gasteiger partial charge on any atom is -0.166 e. The van der Waals surface area contributed by atoms with Crippen molar-refractivity contribution in [3.8, 4) is 0 Å². The van der Waals surface area contributed by atoms with Crippen molar-refractivity contribution in [2.75, 3.05) is 0 Å². The topological polar surface area (TPSA) is 0 Å². The molecule has 0 spiro atoms. The van der Waals surface area contributed by atoms with Gasteiger partial charge in [0.15, 0.2) is 0 Å². The van der Waals surface area contributed by atoms with Gasteiger partial charge >= 0.3 is 6.18 Å². The molecule has 0 unspecified atom stereocenters. The molecule has 0 N–H and O–H groups in total. The highest BCUT2D eigenvalue weighted by Gasteiger charge is 2.29. The normalized spacial score (nSPS) is 13.5. The van der Waals surface area contributed by atoms with Crippen LogP contribution in [-0.4, -0.2) is 6.18 Å². The fourth-order valence-corrected chi connectivity index (χ4v) is 0.480. The Morgan fingerprint density at radius 1 is 1.50 bits per heavy atom. The quantitative estimate of drug-likeness (QED) is 0.530. The first-order valence-electron chi connectivity index (χ1n) is 2.44. The highest BCUT2D eigenvalue weighted by atomic mass is 35.5. The second-order valence-electron chi connectivity index (χ2n) is 1.77. The molecule has 58 valence electrons. The lowest BCUT2D eigenvalue weighted by atomic mass is 10.3. The van der Waals surface area contributed by atoms with Gasteiger partial charge < -0.3 is 0 Å². The molecule has 0 atom stereocenters. The summed E-state index contributed by atoms with van der Waals surface area (Å²) < 4.78 is 34.9. The van der Waals surface area contributed by atoms with Crippen LogP contribution in [0.4, 0.5) is 13.2 Å². The van der Waals surface area contributed by atoms with Crippen molar-refractivity contribution in [3.63, 3.8) is 0 Å². The lowest BCUT2D eigenvalue weighted by molar-refractivity contribution is -0.0913. The first kappa shape index (κ1) is 9.56. The van der Waals surface area contributed by atoms with Gasteiger partial charge in [0, 0.05) is 10.6 Å². The lowest BCUT2D eigenvalue weighted by Gasteiger charge is -2.04. The fourth-order valence-electron chi connectivity index (χ4n) is 0.317. The summed E-state index contributed by atoms with van der Waals surface area (Å²) in [6.07, 6.45) is -3.51. The molecule has 0 radical (unpaired) electrons. The Labute approximate surface area is 62.0 Å². The molecule has 0 aliphatic carbocycles. The molecular weight excluding hydrogens is 165 g/mol. The van der Waals surface area contributed by atoms with Crippen molar-refractivity contribution < 1.29 is 13.2 Å². The van der Waals surface area contributed by atoms with Gasteiger partial charge in [-0.2, -0.15) is 13.2 Å². The van der Waals surface area contributed by atoms with Gasteiger partial charge in [0.1, 0.15) is 0 Å². The second-order valence-corrected chi connectivity index (χ2v) is 2.26. The lowest BCUT2D eigenvalue weighted by Crippen LogP contribution is -2.08. The van der Waals surface area contributed by atoms with Crippen LogP contribution in [0.3, 0.4) is 0 Å². The van der Waals surface area contributed by atoms with Crippen molar-refractivity contribution in [2.45, 2.75) is 13.1 Å². The molecule has 0 heterocycles. The zero-order chi connectivity index (χ0) is 8.36. The summed E-state index contributed by atoms with van der Waals surface area (Å²) in [5.41, 5.74) is -0.743. The average molecular weight is 171 g/mol. The molecular formula is C6H6ClF3. The Balaban J connectivity index is 4.35. The molecule has 0 saturated heterocycles. The Morgan fingerprint density at radius 2 is 1.90 bits per heavy atom. The van der Waals surface area contributed by atoms with Crippen LogP contribution in [0, 0.1) is 0 Å². The molecule has 4 heteroatoms. The van der Waals surface area contributed by atoms with E-state index in [2.05, 4.69) is 6.58 Å². The van der Waals surface area contributed by atoms with Gasteiger partial charge in [-0.3, -0.25) is 0 Å². The molecule has 0 aromatic carbocycles. The molecule has 0 bridgehead atoms. The monoisotopic (exact) mass is 170 g/mol. The molecule has 0 aliphatic rings. The van der Waals surface area contributed by atoms with Crippen molar-refractivity contribution >= 4 is 11.6 Å². The van der Waals surface area contributed by atoms with Crippen molar-refractivity contribution in [3.05, 3.63) is 23.3 Å². The summed E-state index contributed by atoms with van der Waals surface area (Å²) in [4.78, 5) is 0. The van der Waals surface area contributed by atoms with Crippen molar-refractivity contribution in [2.24, 2.45) is 0 Å². The highest BCUT2D eigenvalue weighted by Crippen LogP contribution is 2.25. The summed E-state index contributed by atoms with van der Waals surface area (Å²) in [5, 5.41) is -0.116. The smallest absolute Gasteiger partial charge is 0.166 e. The van der Waals surface area contributed by atoms with Crippen molar-refractivity contribution in [1.29, 1.82) is 0 Å². The average Bonchev–Trinajstić information content (AvgIpc) is 1.60. The van der Waals surface area contributed by atoms with E-state index in [1.165, 1.54) is 0 Å². The number of alkyl halides is 3. The van der Waals surface area contributed by atoms with Gasteiger partial charge in [-0.1, -0.05) is 18.2 Å². The Bertz CT molecular complexity index is 166. The van der Waals surface area contributed by atoms with Crippen molar-refractivity contribution in [1.82, 2.24) is 0 Å². The van der Waals surface area contributed by atoms with Gasteiger partial charge in [0.05, 0.1) is 0 Å². The molecule has 10 heavy (non-hydrogen) atoms. The number of rotatable bonds is 1. The Morgan fingerprint density at radius 3 is 2.00 bits per heavy atom. The molecule has 0 nitrogen and oxygen atoms in total. The number of allylic oxidation sites excluding steroid dienone is 3.